The number of benzene rings is 2. The van der Waals surface area contributed by atoms with Gasteiger partial charge in [0.2, 0.25) is 5.91 Å². The van der Waals surface area contributed by atoms with Gasteiger partial charge in [0, 0.05) is 29.2 Å². The van der Waals surface area contributed by atoms with Crippen LogP contribution in [0.3, 0.4) is 0 Å². The van der Waals surface area contributed by atoms with Crippen LogP contribution in [0, 0.1) is 0 Å². The summed E-state index contributed by atoms with van der Waals surface area (Å²) in [6.45, 7) is 1.77. The highest BCUT2D eigenvalue weighted by atomic mass is 16.2. The predicted octanol–water partition coefficient (Wildman–Crippen LogP) is 2.18. The molecular weight excluding hydrogens is 292 g/mol. The Balaban J connectivity index is 1.94. The number of rotatable bonds is 6. The molecule has 23 heavy (non-hydrogen) atoms. The summed E-state index contributed by atoms with van der Waals surface area (Å²) in [6.07, 6.45) is 0.217. The van der Waals surface area contributed by atoms with Crippen molar-refractivity contribution in [3.63, 3.8) is 0 Å². The molecule has 2 aromatic carbocycles. The fraction of sp³-hybridized carbons (Fsp3) is 0.167. The summed E-state index contributed by atoms with van der Waals surface area (Å²) in [7, 11) is 0. The maximum Gasteiger partial charge on any atom is 0.251 e. The molecule has 118 valence electrons. The zero-order valence-corrected chi connectivity index (χ0v) is 12.8. The standard InChI is InChI=1S/C18H18N2O3/c1-12(11-16(21)13-5-3-2-4-6-13)20-18(23)15-9-7-14(8-10-15)17(19)22/h2-10,12H,11H2,1H3,(H2,19,22)(H,20,23)/t12-/m1/s1. The van der Waals surface area contributed by atoms with Crippen LogP contribution in [-0.4, -0.2) is 23.6 Å². The van der Waals surface area contributed by atoms with Crippen LogP contribution in [0.25, 0.3) is 0 Å². The van der Waals surface area contributed by atoms with Crippen molar-refractivity contribution in [2.24, 2.45) is 5.73 Å². The topological polar surface area (TPSA) is 89.3 Å². The number of nitrogens with two attached hydrogens (primary N) is 1. The molecule has 5 nitrogen and oxygen atoms in total. The molecule has 0 unspecified atom stereocenters. The lowest BCUT2D eigenvalue weighted by Gasteiger charge is -2.13. The summed E-state index contributed by atoms with van der Waals surface area (Å²) >= 11 is 0. The largest absolute Gasteiger partial charge is 0.366 e. The summed E-state index contributed by atoms with van der Waals surface area (Å²) in [5, 5.41) is 2.77. The maximum atomic E-state index is 12.1. The molecule has 0 fully saturated rings. The third kappa shape index (κ3) is 4.51. The van der Waals surface area contributed by atoms with E-state index in [0.29, 0.717) is 16.7 Å². The minimum absolute atomic E-state index is 0.0255. The van der Waals surface area contributed by atoms with E-state index in [0.717, 1.165) is 0 Å². The Kier molecular flexibility index (Phi) is 5.25. The van der Waals surface area contributed by atoms with Gasteiger partial charge in [-0.05, 0) is 31.2 Å². The smallest absolute Gasteiger partial charge is 0.251 e. The SMILES string of the molecule is C[C@H](CC(=O)c1ccccc1)NC(=O)c1ccc(C(N)=O)cc1. The molecule has 0 heterocycles. The lowest BCUT2D eigenvalue weighted by Crippen LogP contribution is -2.34. The minimum Gasteiger partial charge on any atom is -0.366 e. The summed E-state index contributed by atoms with van der Waals surface area (Å²) in [5.74, 6) is -0.865. The number of primary amides is 1. The molecule has 0 aliphatic carbocycles. The Morgan fingerprint density at radius 2 is 1.48 bits per heavy atom. The zero-order valence-electron chi connectivity index (χ0n) is 12.8. The Labute approximate surface area is 134 Å². The quantitative estimate of drug-likeness (QED) is 0.801. The highest BCUT2D eigenvalue weighted by molar-refractivity contribution is 5.99. The second-order valence-electron chi connectivity index (χ2n) is 5.31. The summed E-state index contributed by atoms with van der Waals surface area (Å²) < 4.78 is 0. The normalized spacial score (nSPS) is 11.5. The van der Waals surface area contributed by atoms with Crippen molar-refractivity contribution < 1.29 is 14.4 Å². The van der Waals surface area contributed by atoms with E-state index in [2.05, 4.69) is 5.32 Å². The van der Waals surface area contributed by atoms with Crippen molar-refractivity contribution in [3.8, 4) is 0 Å². The van der Waals surface area contributed by atoms with E-state index < -0.39 is 5.91 Å². The van der Waals surface area contributed by atoms with Crippen LogP contribution >= 0.6 is 0 Å². The van der Waals surface area contributed by atoms with E-state index in [1.165, 1.54) is 24.3 Å². The molecule has 0 aromatic heterocycles. The summed E-state index contributed by atoms with van der Waals surface area (Å²) in [6, 6.07) is 14.7. The number of hydrogen-bond donors (Lipinski definition) is 2. The van der Waals surface area contributed by atoms with Crippen molar-refractivity contribution >= 4 is 17.6 Å². The average molecular weight is 310 g/mol. The molecule has 0 bridgehead atoms. The van der Waals surface area contributed by atoms with Crippen molar-refractivity contribution in [1.29, 1.82) is 0 Å². The lowest BCUT2D eigenvalue weighted by atomic mass is 10.0. The van der Waals surface area contributed by atoms with Gasteiger partial charge < -0.3 is 11.1 Å². The molecule has 0 saturated heterocycles. The first-order chi connectivity index (χ1) is 11.0. The van der Waals surface area contributed by atoms with Gasteiger partial charge in [0.05, 0.1) is 0 Å². The molecule has 0 aliphatic rings. The van der Waals surface area contributed by atoms with Crippen molar-refractivity contribution in [3.05, 3.63) is 71.3 Å². The molecule has 5 heteroatoms. The Hall–Kier alpha value is -2.95. The monoisotopic (exact) mass is 310 g/mol. The predicted molar refractivity (Wildman–Crippen MR) is 87.3 cm³/mol. The highest BCUT2D eigenvalue weighted by Crippen LogP contribution is 2.07. The third-order valence-electron chi connectivity index (χ3n) is 3.40. The first-order valence-corrected chi connectivity index (χ1v) is 7.26. The second kappa shape index (κ2) is 7.35. The maximum absolute atomic E-state index is 12.1. The van der Waals surface area contributed by atoms with Crippen LogP contribution in [0.15, 0.2) is 54.6 Å². The molecule has 0 aliphatic heterocycles. The third-order valence-corrected chi connectivity index (χ3v) is 3.40. The number of Topliss-reactive ketones (excluding diaryl/α,β-unsaturated/α-hetero) is 1. The van der Waals surface area contributed by atoms with Crippen molar-refractivity contribution in [2.45, 2.75) is 19.4 Å². The van der Waals surface area contributed by atoms with Gasteiger partial charge >= 0.3 is 0 Å². The minimum atomic E-state index is -0.543. The number of carbonyl (C=O) groups is 3. The van der Waals surface area contributed by atoms with E-state index in [1.807, 2.05) is 6.07 Å². The number of ketones is 1. The van der Waals surface area contributed by atoms with E-state index >= 15 is 0 Å². The number of amides is 2. The molecule has 2 aromatic rings. The first kappa shape index (κ1) is 16.4. The van der Waals surface area contributed by atoms with E-state index in [4.69, 9.17) is 5.73 Å². The molecule has 0 saturated carbocycles. The van der Waals surface area contributed by atoms with Gasteiger partial charge in [0.15, 0.2) is 5.78 Å². The molecular formula is C18H18N2O3. The number of hydrogen-bond acceptors (Lipinski definition) is 3. The number of carbonyl (C=O) groups excluding carboxylic acids is 3. The van der Waals surface area contributed by atoms with Gasteiger partial charge in [0.25, 0.3) is 5.91 Å². The Bertz CT molecular complexity index is 709. The van der Waals surface area contributed by atoms with Crippen LogP contribution < -0.4 is 11.1 Å². The van der Waals surface area contributed by atoms with Gasteiger partial charge in [-0.25, -0.2) is 0 Å². The van der Waals surface area contributed by atoms with E-state index in [9.17, 15) is 14.4 Å². The average Bonchev–Trinajstić information content (AvgIpc) is 2.55. The fourth-order valence-electron chi connectivity index (χ4n) is 2.16. The van der Waals surface area contributed by atoms with Gasteiger partial charge in [-0.2, -0.15) is 0 Å². The summed E-state index contributed by atoms with van der Waals surface area (Å²) in [5.41, 5.74) is 6.53. The van der Waals surface area contributed by atoms with Gasteiger partial charge in [-0.15, -0.1) is 0 Å². The second-order valence-corrected chi connectivity index (χ2v) is 5.31. The Morgan fingerprint density at radius 1 is 0.913 bits per heavy atom. The molecule has 2 rings (SSSR count). The molecule has 1 atom stereocenters. The van der Waals surface area contributed by atoms with Crippen LogP contribution in [-0.2, 0) is 0 Å². The van der Waals surface area contributed by atoms with Crippen LogP contribution in [0.5, 0.6) is 0 Å². The molecule has 2 amide bonds. The zero-order chi connectivity index (χ0) is 16.8. The molecule has 0 radical (unpaired) electrons. The van der Waals surface area contributed by atoms with Crippen molar-refractivity contribution in [1.82, 2.24) is 5.32 Å². The van der Waals surface area contributed by atoms with Gasteiger partial charge in [-0.1, -0.05) is 30.3 Å². The lowest BCUT2D eigenvalue weighted by molar-refractivity contribution is 0.0915. The number of nitrogens with one attached hydrogen (secondary N) is 1. The van der Waals surface area contributed by atoms with Crippen LogP contribution in [0.1, 0.15) is 44.4 Å². The molecule has 3 N–H and O–H groups in total. The summed E-state index contributed by atoms with van der Waals surface area (Å²) in [4.78, 5) is 35.2. The molecule has 0 spiro atoms. The first-order valence-electron chi connectivity index (χ1n) is 7.26. The van der Waals surface area contributed by atoms with E-state index in [1.54, 1.807) is 31.2 Å². The van der Waals surface area contributed by atoms with Gasteiger partial charge in [-0.3, -0.25) is 14.4 Å². The van der Waals surface area contributed by atoms with E-state index in [-0.39, 0.29) is 24.2 Å². The fourth-order valence-corrected chi connectivity index (χ4v) is 2.16. The highest BCUT2D eigenvalue weighted by Gasteiger charge is 2.14. The van der Waals surface area contributed by atoms with Crippen molar-refractivity contribution in [2.75, 3.05) is 0 Å². The van der Waals surface area contributed by atoms with Crippen LogP contribution in [0.4, 0.5) is 0 Å². The Morgan fingerprint density at radius 3 is 2.04 bits per heavy atom. The van der Waals surface area contributed by atoms with Gasteiger partial charge in [0.1, 0.15) is 0 Å². The van der Waals surface area contributed by atoms with Crippen LogP contribution in [0.2, 0.25) is 0 Å².